The van der Waals surface area contributed by atoms with Gasteiger partial charge in [-0.25, -0.2) is 4.79 Å². The van der Waals surface area contributed by atoms with Crippen LogP contribution in [0, 0.1) is 0 Å². The number of carbonyl (C=O) groups is 1. The van der Waals surface area contributed by atoms with Crippen molar-refractivity contribution < 1.29 is 28.2 Å². The van der Waals surface area contributed by atoms with Crippen LogP contribution in [-0.2, 0) is 0 Å². The molecule has 0 aromatic rings. The molecule has 2 N–H and O–H groups in total. The zero-order valence-electron chi connectivity index (χ0n) is 7.16. The van der Waals surface area contributed by atoms with Crippen molar-refractivity contribution in [3.8, 4) is 0 Å². The smallest absolute Gasteiger partial charge is 0.416 e. The van der Waals surface area contributed by atoms with Crippen molar-refractivity contribution in [2.45, 2.75) is 31.2 Å². The summed E-state index contributed by atoms with van der Waals surface area (Å²) >= 11 is 0. The number of halogens is 3. The second-order valence-electron chi connectivity index (χ2n) is 3.17. The Morgan fingerprint density at radius 3 is 2.50 bits per heavy atom. The molecule has 0 aromatic heterocycles. The maximum Gasteiger partial charge on any atom is 0.416 e. The van der Waals surface area contributed by atoms with Gasteiger partial charge in [0.25, 0.3) is 0 Å². The Morgan fingerprint density at radius 1 is 1.50 bits per heavy atom. The van der Waals surface area contributed by atoms with Gasteiger partial charge in [0.05, 0.1) is 6.04 Å². The van der Waals surface area contributed by atoms with E-state index in [4.69, 9.17) is 10.2 Å². The van der Waals surface area contributed by atoms with Crippen LogP contribution in [0.5, 0.6) is 0 Å². The van der Waals surface area contributed by atoms with Crippen LogP contribution in [0.1, 0.15) is 12.8 Å². The largest absolute Gasteiger partial charge is 0.465 e. The number of carboxylic acid groups (broad SMARTS) is 1. The fraction of sp³-hybridized carbons (Fsp3) is 0.857. The van der Waals surface area contributed by atoms with Gasteiger partial charge in [0.2, 0.25) is 0 Å². The molecule has 1 rings (SSSR count). The summed E-state index contributed by atoms with van der Waals surface area (Å²) in [5.41, 5.74) is 0. The lowest BCUT2D eigenvalue weighted by Gasteiger charge is -2.27. The quantitative estimate of drug-likeness (QED) is 0.684. The molecule has 0 saturated carbocycles. The van der Waals surface area contributed by atoms with Crippen molar-refractivity contribution in [1.82, 2.24) is 4.90 Å². The van der Waals surface area contributed by atoms with E-state index in [0.29, 0.717) is 11.3 Å². The standard InChI is InChI=1S/C7H10F3NO3/c8-7(9,10)5(12)4-2-1-3-11(4)6(13)14/h4-5,12H,1-3H2,(H,13,14)/t4?,5-/m0/s1. The zero-order chi connectivity index (χ0) is 10.9. The van der Waals surface area contributed by atoms with Gasteiger partial charge in [-0.05, 0) is 12.8 Å². The summed E-state index contributed by atoms with van der Waals surface area (Å²) in [5.74, 6) is 0. The summed E-state index contributed by atoms with van der Waals surface area (Å²) in [5, 5.41) is 17.4. The Hall–Kier alpha value is -0.980. The minimum absolute atomic E-state index is 0.0486. The maximum absolute atomic E-state index is 12.1. The third kappa shape index (κ3) is 2.09. The van der Waals surface area contributed by atoms with Gasteiger partial charge in [-0.2, -0.15) is 13.2 Å². The Balaban J connectivity index is 2.72. The van der Waals surface area contributed by atoms with Gasteiger partial charge in [0.15, 0.2) is 6.10 Å². The van der Waals surface area contributed by atoms with E-state index in [-0.39, 0.29) is 13.0 Å². The predicted molar refractivity (Wildman–Crippen MR) is 39.8 cm³/mol. The first-order chi connectivity index (χ1) is 6.34. The summed E-state index contributed by atoms with van der Waals surface area (Å²) in [4.78, 5) is 11.1. The molecule has 1 saturated heterocycles. The van der Waals surface area contributed by atoms with Crippen molar-refractivity contribution in [3.63, 3.8) is 0 Å². The first-order valence-electron chi connectivity index (χ1n) is 4.08. The second kappa shape index (κ2) is 3.64. The maximum atomic E-state index is 12.1. The lowest BCUT2D eigenvalue weighted by atomic mass is 10.1. The molecule has 0 spiro atoms. The number of aliphatic hydroxyl groups excluding tert-OH is 1. The molecule has 1 heterocycles. The number of aliphatic hydroxyl groups is 1. The van der Waals surface area contributed by atoms with Crippen molar-refractivity contribution in [2.24, 2.45) is 0 Å². The van der Waals surface area contributed by atoms with Crippen LogP contribution in [0.3, 0.4) is 0 Å². The highest BCUT2D eigenvalue weighted by molar-refractivity contribution is 5.65. The van der Waals surface area contributed by atoms with Gasteiger partial charge in [-0.1, -0.05) is 0 Å². The van der Waals surface area contributed by atoms with Gasteiger partial charge in [-0.15, -0.1) is 0 Å². The highest BCUT2D eigenvalue weighted by Gasteiger charge is 2.48. The summed E-state index contributed by atoms with van der Waals surface area (Å²) in [7, 11) is 0. The average Bonchev–Trinajstić information content (AvgIpc) is 2.48. The van der Waals surface area contributed by atoms with E-state index in [1.165, 1.54) is 0 Å². The third-order valence-electron chi connectivity index (χ3n) is 2.24. The van der Waals surface area contributed by atoms with E-state index >= 15 is 0 Å². The minimum atomic E-state index is -4.76. The normalized spacial score (nSPS) is 25.1. The predicted octanol–water partition coefficient (Wildman–Crippen LogP) is 1.05. The number of hydrogen-bond donors (Lipinski definition) is 2. The lowest BCUT2D eigenvalue weighted by molar-refractivity contribution is -0.217. The monoisotopic (exact) mass is 213 g/mol. The second-order valence-corrected chi connectivity index (χ2v) is 3.17. The molecule has 82 valence electrons. The highest BCUT2D eigenvalue weighted by atomic mass is 19.4. The van der Waals surface area contributed by atoms with Gasteiger partial charge in [0.1, 0.15) is 0 Å². The molecule has 7 heteroatoms. The molecule has 4 nitrogen and oxygen atoms in total. The van der Waals surface area contributed by atoms with E-state index in [1.54, 1.807) is 0 Å². The summed E-state index contributed by atoms with van der Waals surface area (Å²) < 4.78 is 36.2. The molecular formula is C7H10F3NO3. The summed E-state index contributed by atoms with van der Waals surface area (Å²) in [6, 6.07) is -1.35. The molecule has 2 atom stereocenters. The Kier molecular flexibility index (Phi) is 2.89. The fourth-order valence-corrected chi connectivity index (χ4v) is 1.58. The molecule has 0 radical (unpaired) electrons. The topological polar surface area (TPSA) is 60.8 Å². The summed E-state index contributed by atoms with van der Waals surface area (Å²) in [6.07, 6.45) is -8.36. The molecule has 0 aromatic carbocycles. The van der Waals surface area contributed by atoms with Crippen LogP contribution in [-0.4, -0.2) is 46.1 Å². The molecule has 1 aliphatic rings. The van der Waals surface area contributed by atoms with Crippen LogP contribution in [0.4, 0.5) is 18.0 Å². The molecule has 0 bridgehead atoms. The highest BCUT2D eigenvalue weighted by Crippen LogP contribution is 2.30. The van der Waals surface area contributed by atoms with Gasteiger partial charge in [0, 0.05) is 6.54 Å². The molecule has 14 heavy (non-hydrogen) atoms. The van der Waals surface area contributed by atoms with E-state index < -0.39 is 24.4 Å². The first kappa shape index (κ1) is 11.1. The number of amides is 1. The zero-order valence-corrected chi connectivity index (χ0v) is 7.16. The van der Waals surface area contributed by atoms with E-state index in [1.807, 2.05) is 0 Å². The Morgan fingerprint density at radius 2 is 2.07 bits per heavy atom. The number of hydrogen-bond acceptors (Lipinski definition) is 2. The van der Waals surface area contributed by atoms with Crippen molar-refractivity contribution in [1.29, 1.82) is 0 Å². The molecule has 1 aliphatic heterocycles. The molecule has 1 fully saturated rings. The van der Waals surface area contributed by atoms with Gasteiger partial charge >= 0.3 is 12.3 Å². The van der Waals surface area contributed by atoms with E-state index in [2.05, 4.69) is 0 Å². The van der Waals surface area contributed by atoms with Crippen molar-refractivity contribution in [3.05, 3.63) is 0 Å². The molecule has 1 amide bonds. The van der Waals surface area contributed by atoms with Crippen LogP contribution in [0.25, 0.3) is 0 Å². The summed E-state index contributed by atoms with van der Waals surface area (Å²) in [6.45, 7) is 0.0487. The Bertz CT molecular complexity index is 231. The van der Waals surface area contributed by atoms with Crippen molar-refractivity contribution >= 4 is 6.09 Å². The van der Waals surface area contributed by atoms with E-state index in [0.717, 1.165) is 0 Å². The van der Waals surface area contributed by atoms with Crippen LogP contribution >= 0.6 is 0 Å². The van der Waals surface area contributed by atoms with Crippen LogP contribution < -0.4 is 0 Å². The number of rotatable bonds is 1. The molecule has 1 unspecified atom stereocenters. The Labute approximate surface area is 77.9 Å². The average molecular weight is 213 g/mol. The fourth-order valence-electron chi connectivity index (χ4n) is 1.58. The molecular weight excluding hydrogens is 203 g/mol. The number of likely N-dealkylation sites (tertiary alicyclic amines) is 1. The first-order valence-corrected chi connectivity index (χ1v) is 4.08. The SMILES string of the molecule is O=C(O)N1CCCC1[C@H](O)C(F)(F)F. The third-order valence-corrected chi connectivity index (χ3v) is 2.24. The van der Waals surface area contributed by atoms with E-state index in [9.17, 15) is 18.0 Å². The molecule has 0 aliphatic carbocycles. The number of alkyl halides is 3. The van der Waals surface area contributed by atoms with Gasteiger partial charge in [-0.3, -0.25) is 0 Å². The number of nitrogens with zero attached hydrogens (tertiary/aromatic N) is 1. The van der Waals surface area contributed by atoms with Crippen LogP contribution in [0.2, 0.25) is 0 Å². The lowest BCUT2D eigenvalue weighted by Crippen LogP contribution is -2.48. The van der Waals surface area contributed by atoms with Gasteiger partial charge < -0.3 is 15.1 Å². The minimum Gasteiger partial charge on any atom is -0.465 e. The van der Waals surface area contributed by atoms with Crippen LogP contribution in [0.15, 0.2) is 0 Å². The van der Waals surface area contributed by atoms with Crippen molar-refractivity contribution in [2.75, 3.05) is 6.54 Å².